The van der Waals surface area contributed by atoms with Gasteiger partial charge in [0.2, 0.25) is 0 Å². The number of hydrogen-bond acceptors (Lipinski definition) is 3. The molecule has 2 rings (SSSR count). The zero-order valence-corrected chi connectivity index (χ0v) is 12.4. The number of likely N-dealkylation sites (N-methyl/N-ethyl adjacent to an activating group) is 1. The van der Waals surface area contributed by atoms with E-state index in [2.05, 4.69) is 11.9 Å². The van der Waals surface area contributed by atoms with Crippen molar-refractivity contribution in [2.45, 2.75) is 50.7 Å². The average Bonchev–Trinajstić information content (AvgIpc) is 2.63. The van der Waals surface area contributed by atoms with E-state index in [0.29, 0.717) is 11.8 Å². The van der Waals surface area contributed by atoms with E-state index < -0.39 is 0 Å². The first kappa shape index (κ1) is 15.3. The lowest BCUT2D eigenvalue weighted by Gasteiger charge is -2.31. The van der Waals surface area contributed by atoms with Crippen LogP contribution in [0.5, 0.6) is 5.75 Å². The van der Waals surface area contributed by atoms with Crippen LogP contribution in [0.3, 0.4) is 0 Å². The van der Waals surface area contributed by atoms with Crippen LogP contribution in [0.1, 0.15) is 37.7 Å². The summed E-state index contributed by atoms with van der Waals surface area (Å²) in [4.78, 5) is 2.26. The van der Waals surface area contributed by atoms with Gasteiger partial charge in [0, 0.05) is 18.6 Å². The van der Waals surface area contributed by atoms with E-state index in [1.54, 1.807) is 12.1 Å². The summed E-state index contributed by atoms with van der Waals surface area (Å²) in [6.45, 7) is 0.722. The van der Waals surface area contributed by atoms with Crippen molar-refractivity contribution in [1.82, 2.24) is 4.90 Å². The van der Waals surface area contributed by atoms with Crippen LogP contribution in [-0.2, 0) is 6.54 Å². The Kier molecular flexibility index (Phi) is 5.38. The van der Waals surface area contributed by atoms with Crippen LogP contribution in [0.15, 0.2) is 18.2 Å². The number of ether oxygens (including phenoxy) is 1. The van der Waals surface area contributed by atoms with Crippen LogP contribution >= 0.6 is 0 Å². The third-order valence-corrected chi connectivity index (χ3v) is 4.25. The Balaban J connectivity index is 2.02. The van der Waals surface area contributed by atoms with Gasteiger partial charge in [-0.3, -0.25) is 4.90 Å². The molecular formula is C16H25FN2O. The maximum atomic E-state index is 13.7. The van der Waals surface area contributed by atoms with Gasteiger partial charge >= 0.3 is 0 Å². The third kappa shape index (κ3) is 3.70. The summed E-state index contributed by atoms with van der Waals surface area (Å²) in [6.07, 6.45) is 5.96. The molecule has 0 aromatic heterocycles. The summed E-state index contributed by atoms with van der Waals surface area (Å²) in [5.41, 5.74) is 7.23. The summed E-state index contributed by atoms with van der Waals surface area (Å²) in [6, 6.07) is 5.78. The lowest BCUT2D eigenvalue weighted by Crippen LogP contribution is -2.45. The van der Waals surface area contributed by atoms with Crippen LogP contribution in [0.4, 0.5) is 4.39 Å². The molecule has 1 aromatic rings. The predicted molar refractivity (Wildman–Crippen MR) is 79.3 cm³/mol. The monoisotopic (exact) mass is 280 g/mol. The average molecular weight is 280 g/mol. The Morgan fingerprint density at radius 2 is 2.05 bits per heavy atom. The van der Waals surface area contributed by atoms with Crippen LogP contribution in [0, 0.1) is 5.82 Å². The molecule has 20 heavy (non-hydrogen) atoms. The molecule has 0 aliphatic heterocycles. The largest absolute Gasteiger partial charge is 0.494 e. The van der Waals surface area contributed by atoms with E-state index in [1.165, 1.54) is 26.4 Å². The SMILES string of the molecule is COc1ccc(CN(C)C2CCCCCC2N)cc1F. The van der Waals surface area contributed by atoms with Gasteiger partial charge in [0.15, 0.2) is 11.6 Å². The summed E-state index contributed by atoms with van der Waals surface area (Å²) >= 11 is 0. The topological polar surface area (TPSA) is 38.5 Å². The zero-order valence-electron chi connectivity index (χ0n) is 12.4. The molecule has 2 N–H and O–H groups in total. The number of rotatable bonds is 4. The first-order valence-electron chi connectivity index (χ1n) is 7.40. The van der Waals surface area contributed by atoms with Crippen molar-refractivity contribution in [1.29, 1.82) is 0 Å². The standard InChI is InChI=1S/C16H25FN2O/c1-19(15-7-5-3-4-6-14(15)18)11-12-8-9-16(20-2)13(17)10-12/h8-10,14-15H,3-7,11,18H2,1-2H3. The summed E-state index contributed by atoms with van der Waals surface area (Å²) < 4.78 is 18.7. The molecule has 4 heteroatoms. The number of hydrogen-bond donors (Lipinski definition) is 1. The Hall–Kier alpha value is -1.13. The minimum atomic E-state index is -0.302. The summed E-state index contributed by atoms with van der Waals surface area (Å²) in [5, 5.41) is 0. The van der Waals surface area contributed by atoms with Crippen molar-refractivity contribution >= 4 is 0 Å². The van der Waals surface area contributed by atoms with E-state index in [1.807, 2.05) is 6.07 Å². The van der Waals surface area contributed by atoms with Gasteiger partial charge in [-0.2, -0.15) is 0 Å². The number of nitrogens with zero attached hydrogens (tertiary/aromatic N) is 1. The maximum absolute atomic E-state index is 13.7. The second-order valence-corrected chi connectivity index (χ2v) is 5.75. The molecule has 0 heterocycles. The minimum absolute atomic E-state index is 0.227. The predicted octanol–water partition coefficient (Wildman–Crippen LogP) is 2.93. The van der Waals surface area contributed by atoms with Crippen molar-refractivity contribution in [2.75, 3.05) is 14.2 Å². The van der Waals surface area contributed by atoms with E-state index in [-0.39, 0.29) is 11.9 Å². The highest BCUT2D eigenvalue weighted by molar-refractivity contribution is 5.29. The van der Waals surface area contributed by atoms with Crippen LogP contribution in [0.25, 0.3) is 0 Å². The molecule has 1 aliphatic rings. The van der Waals surface area contributed by atoms with Gasteiger partial charge in [-0.05, 0) is 37.6 Å². The minimum Gasteiger partial charge on any atom is -0.494 e. The Bertz CT molecular complexity index is 438. The van der Waals surface area contributed by atoms with Crippen LogP contribution in [0.2, 0.25) is 0 Å². The normalized spacial score (nSPS) is 23.6. The molecule has 1 aromatic carbocycles. The van der Waals surface area contributed by atoms with Gasteiger partial charge in [-0.25, -0.2) is 4.39 Å². The molecule has 0 radical (unpaired) electrons. The molecular weight excluding hydrogens is 255 g/mol. The zero-order chi connectivity index (χ0) is 14.5. The van der Waals surface area contributed by atoms with E-state index >= 15 is 0 Å². The Morgan fingerprint density at radius 1 is 1.30 bits per heavy atom. The molecule has 2 atom stereocenters. The smallest absolute Gasteiger partial charge is 0.165 e. The van der Waals surface area contributed by atoms with Gasteiger partial charge in [0.1, 0.15) is 0 Å². The molecule has 0 bridgehead atoms. The lowest BCUT2D eigenvalue weighted by atomic mass is 10.0. The fourth-order valence-corrected chi connectivity index (χ4v) is 3.08. The molecule has 3 nitrogen and oxygen atoms in total. The third-order valence-electron chi connectivity index (χ3n) is 4.25. The first-order chi connectivity index (χ1) is 9.61. The quantitative estimate of drug-likeness (QED) is 0.862. The van der Waals surface area contributed by atoms with Crippen molar-refractivity contribution in [3.8, 4) is 5.75 Å². The summed E-state index contributed by atoms with van der Waals surface area (Å²) in [5.74, 6) is -0.00821. The Labute approximate surface area is 120 Å². The molecule has 2 unspecified atom stereocenters. The first-order valence-corrected chi connectivity index (χ1v) is 7.40. The second kappa shape index (κ2) is 7.04. The van der Waals surface area contributed by atoms with Crippen LogP contribution < -0.4 is 10.5 Å². The fraction of sp³-hybridized carbons (Fsp3) is 0.625. The number of halogens is 1. The van der Waals surface area contributed by atoms with Crippen molar-refractivity contribution in [2.24, 2.45) is 5.73 Å². The number of nitrogens with two attached hydrogens (primary N) is 1. The highest BCUT2D eigenvalue weighted by Crippen LogP contribution is 2.23. The number of methoxy groups -OCH3 is 1. The molecule has 112 valence electrons. The molecule has 0 spiro atoms. The maximum Gasteiger partial charge on any atom is 0.165 e. The molecule has 0 amide bonds. The van der Waals surface area contributed by atoms with E-state index in [9.17, 15) is 4.39 Å². The highest BCUT2D eigenvalue weighted by atomic mass is 19.1. The second-order valence-electron chi connectivity index (χ2n) is 5.75. The van der Waals surface area contributed by atoms with Crippen LogP contribution in [-0.4, -0.2) is 31.1 Å². The van der Waals surface area contributed by atoms with Crippen molar-refractivity contribution in [3.63, 3.8) is 0 Å². The highest BCUT2D eigenvalue weighted by Gasteiger charge is 2.24. The van der Waals surface area contributed by atoms with Gasteiger partial charge < -0.3 is 10.5 Å². The van der Waals surface area contributed by atoms with Crippen molar-refractivity contribution < 1.29 is 9.13 Å². The molecule has 1 saturated carbocycles. The van der Waals surface area contributed by atoms with E-state index in [4.69, 9.17) is 10.5 Å². The molecule has 1 aliphatic carbocycles. The van der Waals surface area contributed by atoms with E-state index in [0.717, 1.165) is 24.9 Å². The van der Waals surface area contributed by atoms with Gasteiger partial charge in [0.05, 0.1) is 7.11 Å². The molecule has 1 fully saturated rings. The number of benzene rings is 1. The van der Waals surface area contributed by atoms with Gasteiger partial charge in [-0.15, -0.1) is 0 Å². The molecule has 0 saturated heterocycles. The fourth-order valence-electron chi connectivity index (χ4n) is 3.08. The summed E-state index contributed by atoms with van der Waals surface area (Å²) in [7, 11) is 3.56. The Morgan fingerprint density at radius 3 is 2.75 bits per heavy atom. The lowest BCUT2D eigenvalue weighted by molar-refractivity contribution is 0.193. The van der Waals surface area contributed by atoms with Gasteiger partial charge in [-0.1, -0.05) is 25.3 Å². The van der Waals surface area contributed by atoms with Crippen molar-refractivity contribution in [3.05, 3.63) is 29.6 Å². The van der Waals surface area contributed by atoms with Gasteiger partial charge in [0.25, 0.3) is 0 Å².